The van der Waals surface area contributed by atoms with Gasteiger partial charge in [-0.3, -0.25) is 14.8 Å². The van der Waals surface area contributed by atoms with Gasteiger partial charge in [0, 0.05) is 25.4 Å². The summed E-state index contributed by atoms with van der Waals surface area (Å²) in [7, 11) is 1.73. The summed E-state index contributed by atoms with van der Waals surface area (Å²) in [5.41, 5.74) is -0.268. The van der Waals surface area contributed by atoms with Gasteiger partial charge in [0.05, 0.1) is 4.92 Å². The summed E-state index contributed by atoms with van der Waals surface area (Å²) in [4.78, 5) is 10.0. The van der Waals surface area contributed by atoms with Crippen LogP contribution in [0, 0.1) is 10.1 Å². The Balaban J connectivity index is 2.35. The molecule has 2 rings (SSSR count). The van der Waals surface area contributed by atoms with Crippen molar-refractivity contribution >= 4 is 28.9 Å². The van der Waals surface area contributed by atoms with Crippen molar-refractivity contribution in [2.75, 3.05) is 0 Å². The van der Waals surface area contributed by atoms with E-state index in [0.717, 1.165) is 0 Å². The Kier molecular flexibility index (Phi) is 3.40. The quantitative estimate of drug-likeness (QED) is 0.640. The number of nitrogens with zero attached hydrogens (tertiary/aromatic N) is 3. The maximum Gasteiger partial charge on any atom is 0.289 e. The summed E-state index contributed by atoms with van der Waals surface area (Å²) in [6.07, 6.45) is 1.69. The predicted octanol–water partition coefficient (Wildman–Crippen LogP) is 3.43. The van der Waals surface area contributed by atoms with E-state index in [9.17, 15) is 10.1 Å². The standard InChI is InChI=1S/C10H7Cl2N3O3/c1-14-5-4-8(13-14)18-7-3-2-6(15(16)17)9(11)10(7)12/h2-5H,1H3. The van der Waals surface area contributed by atoms with Gasteiger partial charge in [0.2, 0.25) is 5.88 Å². The maximum atomic E-state index is 10.7. The van der Waals surface area contributed by atoms with E-state index >= 15 is 0 Å². The lowest BCUT2D eigenvalue weighted by atomic mass is 10.3. The summed E-state index contributed by atoms with van der Waals surface area (Å²) >= 11 is 11.7. The maximum absolute atomic E-state index is 10.7. The van der Waals surface area contributed by atoms with Crippen LogP contribution < -0.4 is 4.74 Å². The van der Waals surface area contributed by atoms with Crippen LogP contribution in [-0.4, -0.2) is 14.7 Å². The predicted molar refractivity (Wildman–Crippen MR) is 66.4 cm³/mol. The summed E-state index contributed by atoms with van der Waals surface area (Å²) in [6.45, 7) is 0. The average Bonchev–Trinajstić information content (AvgIpc) is 2.70. The van der Waals surface area contributed by atoms with E-state index in [0.29, 0.717) is 5.88 Å². The zero-order valence-electron chi connectivity index (χ0n) is 9.13. The molecule has 0 bridgehead atoms. The van der Waals surface area contributed by atoms with E-state index in [-0.39, 0.29) is 21.5 Å². The number of halogens is 2. The largest absolute Gasteiger partial charge is 0.436 e. The highest BCUT2D eigenvalue weighted by atomic mass is 35.5. The Bertz CT molecular complexity index is 612. The second-order valence-electron chi connectivity index (χ2n) is 3.40. The molecular weight excluding hydrogens is 281 g/mol. The lowest BCUT2D eigenvalue weighted by Crippen LogP contribution is -1.93. The van der Waals surface area contributed by atoms with Gasteiger partial charge in [-0.15, -0.1) is 5.10 Å². The second-order valence-corrected chi connectivity index (χ2v) is 4.15. The fourth-order valence-electron chi connectivity index (χ4n) is 1.30. The summed E-state index contributed by atoms with van der Waals surface area (Å²) in [5, 5.41) is 14.5. The van der Waals surface area contributed by atoms with Crippen molar-refractivity contribution in [1.29, 1.82) is 0 Å². The van der Waals surface area contributed by atoms with Gasteiger partial charge in [-0.25, -0.2) is 0 Å². The Labute approximate surface area is 112 Å². The minimum absolute atomic E-state index is 0.0171. The smallest absolute Gasteiger partial charge is 0.289 e. The molecule has 94 valence electrons. The third-order valence-corrected chi connectivity index (χ3v) is 2.98. The van der Waals surface area contributed by atoms with Crippen LogP contribution in [0.3, 0.4) is 0 Å². The minimum Gasteiger partial charge on any atom is -0.436 e. The van der Waals surface area contributed by atoms with Crippen LogP contribution in [0.1, 0.15) is 0 Å². The topological polar surface area (TPSA) is 70.2 Å². The number of ether oxygens (including phenoxy) is 1. The SMILES string of the molecule is Cn1ccc(Oc2ccc([N+](=O)[O-])c(Cl)c2Cl)n1. The molecule has 2 aromatic rings. The second kappa shape index (κ2) is 4.83. The van der Waals surface area contributed by atoms with E-state index < -0.39 is 4.92 Å². The highest BCUT2D eigenvalue weighted by Gasteiger charge is 2.19. The first kappa shape index (κ1) is 12.7. The summed E-state index contributed by atoms with van der Waals surface area (Å²) in [6, 6.07) is 4.24. The lowest BCUT2D eigenvalue weighted by Gasteiger charge is -2.06. The van der Waals surface area contributed by atoms with E-state index in [1.165, 1.54) is 12.1 Å². The number of hydrogen-bond acceptors (Lipinski definition) is 4. The lowest BCUT2D eigenvalue weighted by molar-refractivity contribution is -0.384. The fourth-order valence-corrected chi connectivity index (χ4v) is 1.73. The van der Waals surface area contributed by atoms with E-state index in [1.54, 1.807) is 24.0 Å². The zero-order chi connectivity index (χ0) is 13.3. The molecule has 8 heteroatoms. The first-order valence-electron chi connectivity index (χ1n) is 4.79. The Morgan fingerprint density at radius 3 is 2.61 bits per heavy atom. The molecule has 0 unspecified atom stereocenters. The summed E-state index contributed by atoms with van der Waals surface area (Å²) < 4.78 is 6.93. The Morgan fingerprint density at radius 1 is 1.33 bits per heavy atom. The molecule has 0 N–H and O–H groups in total. The normalized spacial score (nSPS) is 10.4. The molecule has 0 fully saturated rings. The number of benzene rings is 1. The van der Waals surface area contributed by atoms with Crippen molar-refractivity contribution in [3.05, 3.63) is 44.6 Å². The Morgan fingerprint density at radius 2 is 2.06 bits per heavy atom. The molecule has 1 aromatic heterocycles. The van der Waals surface area contributed by atoms with Crippen LogP contribution in [0.25, 0.3) is 0 Å². The molecule has 0 saturated carbocycles. The summed E-state index contributed by atoms with van der Waals surface area (Å²) in [5.74, 6) is 0.537. The van der Waals surface area contributed by atoms with Crippen molar-refractivity contribution in [1.82, 2.24) is 9.78 Å². The molecule has 1 heterocycles. The van der Waals surface area contributed by atoms with Gasteiger partial charge >= 0.3 is 0 Å². The van der Waals surface area contributed by atoms with Crippen LogP contribution in [0.15, 0.2) is 24.4 Å². The van der Waals surface area contributed by atoms with Crippen molar-refractivity contribution < 1.29 is 9.66 Å². The molecule has 1 aromatic carbocycles. The first-order chi connectivity index (χ1) is 8.49. The number of nitro groups is 1. The van der Waals surface area contributed by atoms with Crippen molar-refractivity contribution in [2.45, 2.75) is 0 Å². The Hall–Kier alpha value is -1.79. The number of rotatable bonds is 3. The van der Waals surface area contributed by atoms with Gasteiger partial charge in [-0.05, 0) is 6.07 Å². The van der Waals surface area contributed by atoms with Crippen LogP contribution in [0.4, 0.5) is 5.69 Å². The van der Waals surface area contributed by atoms with Crippen molar-refractivity contribution in [2.24, 2.45) is 7.05 Å². The van der Waals surface area contributed by atoms with Crippen molar-refractivity contribution in [3.8, 4) is 11.6 Å². The molecule has 0 saturated heterocycles. The number of nitro benzene ring substituents is 1. The number of aromatic nitrogens is 2. The van der Waals surface area contributed by atoms with Crippen molar-refractivity contribution in [3.63, 3.8) is 0 Å². The molecule has 0 radical (unpaired) electrons. The average molecular weight is 288 g/mol. The molecule has 0 aliphatic heterocycles. The minimum atomic E-state index is -0.612. The highest BCUT2D eigenvalue weighted by Crippen LogP contribution is 2.39. The first-order valence-corrected chi connectivity index (χ1v) is 5.54. The van der Waals surface area contributed by atoms with Gasteiger partial charge < -0.3 is 4.74 Å². The zero-order valence-corrected chi connectivity index (χ0v) is 10.6. The van der Waals surface area contributed by atoms with Gasteiger partial charge in [0.1, 0.15) is 15.8 Å². The van der Waals surface area contributed by atoms with Crippen LogP contribution in [0.5, 0.6) is 11.6 Å². The third-order valence-electron chi connectivity index (χ3n) is 2.13. The monoisotopic (exact) mass is 287 g/mol. The van der Waals surface area contributed by atoms with Gasteiger partial charge in [-0.2, -0.15) is 0 Å². The van der Waals surface area contributed by atoms with Gasteiger partial charge in [0.25, 0.3) is 5.69 Å². The molecule has 0 aliphatic carbocycles. The van der Waals surface area contributed by atoms with Crippen LogP contribution >= 0.6 is 23.2 Å². The number of aryl methyl sites for hydroxylation is 1. The highest BCUT2D eigenvalue weighted by molar-refractivity contribution is 6.44. The molecule has 6 nitrogen and oxygen atoms in total. The van der Waals surface area contributed by atoms with Crippen LogP contribution in [-0.2, 0) is 7.05 Å². The van der Waals surface area contributed by atoms with Gasteiger partial charge in [0.15, 0.2) is 0 Å². The van der Waals surface area contributed by atoms with E-state index in [4.69, 9.17) is 27.9 Å². The molecule has 18 heavy (non-hydrogen) atoms. The molecule has 0 atom stereocenters. The molecular formula is C10H7Cl2N3O3. The fraction of sp³-hybridized carbons (Fsp3) is 0.100. The van der Waals surface area contributed by atoms with Crippen LogP contribution in [0.2, 0.25) is 10.0 Å². The van der Waals surface area contributed by atoms with Gasteiger partial charge in [-0.1, -0.05) is 23.2 Å². The molecule has 0 amide bonds. The van der Waals surface area contributed by atoms with E-state index in [2.05, 4.69) is 5.10 Å². The number of hydrogen-bond donors (Lipinski definition) is 0. The molecule has 0 aliphatic rings. The molecule has 0 spiro atoms. The van der Waals surface area contributed by atoms with E-state index in [1.807, 2.05) is 0 Å². The third kappa shape index (κ3) is 2.39.